The van der Waals surface area contributed by atoms with E-state index in [9.17, 15) is 8.42 Å². The molecule has 0 heterocycles. The third kappa shape index (κ3) is 2.28. The van der Waals surface area contributed by atoms with E-state index in [1.54, 1.807) is 18.2 Å². The number of sulfonamides is 1. The smallest absolute Gasteiger partial charge is 0.240 e. The molecule has 112 valence electrons. The van der Waals surface area contributed by atoms with Crippen molar-refractivity contribution < 1.29 is 8.42 Å². The molecule has 2 rings (SSSR count). The monoisotopic (exact) mass is 296 g/mol. The van der Waals surface area contributed by atoms with E-state index < -0.39 is 10.0 Å². The highest BCUT2D eigenvalue weighted by molar-refractivity contribution is 7.89. The zero-order valence-electron chi connectivity index (χ0n) is 12.8. The SMILES string of the molecule is Cc1cccc(S(=O)(=O)NC2C(C)(C)C(N)C2(C)C)c1. The molecule has 0 saturated heterocycles. The highest BCUT2D eigenvalue weighted by Gasteiger charge is 2.61. The third-order valence-electron chi connectivity index (χ3n) is 4.66. The van der Waals surface area contributed by atoms with Crippen LogP contribution >= 0.6 is 0 Å². The first kappa shape index (κ1) is 15.5. The summed E-state index contributed by atoms with van der Waals surface area (Å²) in [5, 5.41) is 0. The van der Waals surface area contributed by atoms with Gasteiger partial charge in [0.2, 0.25) is 10.0 Å². The molecule has 0 bridgehead atoms. The quantitative estimate of drug-likeness (QED) is 0.896. The minimum Gasteiger partial charge on any atom is -0.327 e. The predicted molar refractivity (Wildman–Crippen MR) is 80.8 cm³/mol. The topological polar surface area (TPSA) is 72.2 Å². The molecule has 5 heteroatoms. The molecule has 0 radical (unpaired) electrons. The van der Waals surface area contributed by atoms with Gasteiger partial charge in [-0.3, -0.25) is 0 Å². The van der Waals surface area contributed by atoms with Crippen molar-refractivity contribution in [2.24, 2.45) is 16.6 Å². The van der Waals surface area contributed by atoms with E-state index >= 15 is 0 Å². The van der Waals surface area contributed by atoms with Crippen LogP contribution in [0.1, 0.15) is 33.3 Å². The average molecular weight is 296 g/mol. The van der Waals surface area contributed by atoms with Crippen LogP contribution in [0, 0.1) is 17.8 Å². The van der Waals surface area contributed by atoms with E-state index in [-0.39, 0.29) is 22.9 Å². The van der Waals surface area contributed by atoms with E-state index in [0.717, 1.165) is 5.56 Å². The third-order valence-corrected chi connectivity index (χ3v) is 6.08. The van der Waals surface area contributed by atoms with Crippen molar-refractivity contribution in [2.45, 2.75) is 51.6 Å². The van der Waals surface area contributed by atoms with Gasteiger partial charge >= 0.3 is 0 Å². The maximum absolute atomic E-state index is 12.5. The van der Waals surface area contributed by atoms with Gasteiger partial charge in [0, 0.05) is 12.1 Å². The maximum Gasteiger partial charge on any atom is 0.240 e. The summed E-state index contributed by atoms with van der Waals surface area (Å²) in [7, 11) is -3.51. The summed E-state index contributed by atoms with van der Waals surface area (Å²) in [4.78, 5) is 0.310. The number of nitrogens with one attached hydrogen (secondary N) is 1. The van der Waals surface area contributed by atoms with E-state index in [0.29, 0.717) is 4.90 Å². The molecule has 0 aromatic heterocycles. The number of hydrogen-bond acceptors (Lipinski definition) is 3. The van der Waals surface area contributed by atoms with Crippen LogP contribution in [-0.4, -0.2) is 20.5 Å². The molecule has 20 heavy (non-hydrogen) atoms. The van der Waals surface area contributed by atoms with Gasteiger partial charge in [0.15, 0.2) is 0 Å². The second kappa shape index (κ2) is 4.55. The zero-order valence-corrected chi connectivity index (χ0v) is 13.6. The Bertz CT molecular complexity index is 605. The Hall–Kier alpha value is -0.910. The fourth-order valence-corrected chi connectivity index (χ4v) is 5.14. The standard InChI is InChI=1S/C15H24N2O2S/c1-10-7-6-8-11(9-10)20(18,19)17-13-14(2,3)12(16)15(13,4)5/h6-9,12-13,17H,16H2,1-5H3. The lowest BCUT2D eigenvalue weighted by Crippen LogP contribution is -2.75. The van der Waals surface area contributed by atoms with Crippen LogP contribution in [0.2, 0.25) is 0 Å². The summed E-state index contributed by atoms with van der Waals surface area (Å²) in [5.74, 6) is 0. The Balaban J connectivity index is 2.30. The second-order valence-electron chi connectivity index (χ2n) is 6.99. The van der Waals surface area contributed by atoms with E-state index in [4.69, 9.17) is 5.73 Å². The number of hydrogen-bond donors (Lipinski definition) is 2. The van der Waals surface area contributed by atoms with Gasteiger partial charge in [-0.1, -0.05) is 39.8 Å². The predicted octanol–water partition coefficient (Wildman–Crippen LogP) is 2.04. The number of aryl methyl sites for hydroxylation is 1. The van der Waals surface area contributed by atoms with Crippen LogP contribution in [0.25, 0.3) is 0 Å². The molecule has 1 saturated carbocycles. The van der Waals surface area contributed by atoms with Crippen molar-refractivity contribution >= 4 is 10.0 Å². The Morgan fingerprint density at radius 1 is 1.15 bits per heavy atom. The van der Waals surface area contributed by atoms with Crippen LogP contribution in [-0.2, 0) is 10.0 Å². The molecule has 3 N–H and O–H groups in total. The van der Waals surface area contributed by atoms with E-state index in [2.05, 4.69) is 4.72 Å². The lowest BCUT2D eigenvalue weighted by molar-refractivity contribution is -0.0593. The lowest BCUT2D eigenvalue weighted by Gasteiger charge is -2.62. The molecule has 1 aliphatic rings. The summed E-state index contributed by atoms with van der Waals surface area (Å²) < 4.78 is 27.9. The van der Waals surface area contributed by atoms with Crippen LogP contribution in [0.15, 0.2) is 29.2 Å². The van der Waals surface area contributed by atoms with Crippen LogP contribution in [0.5, 0.6) is 0 Å². The normalized spacial score (nSPS) is 27.9. The van der Waals surface area contributed by atoms with Crippen molar-refractivity contribution in [2.75, 3.05) is 0 Å². The van der Waals surface area contributed by atoms with Crippen molar-refractivity contribution in [3.8, 4) is 0 Å². The first-order chi connectivity index (χ1) is 8.99. The van der Waals surface area contributed by atoms with Crippen LogP contribution < -0.4 is 10.5 Å². The summed E-state index contributed by atoms with van der Waals surface area (Å²) in [5.41, 5.74) is 6.60. The van der Waals surface area contributed by atoms with Crippen molar-refractivity contribution in [1.29, 1.82) is 0 Å². The summed E-state index contributed by atoms with van der Waals surface area (Å²) in [6.45, 7) is 9.91. The van der Waals surface area contributed by atoms with Crippen molar-refractivity contribution in [1.82, 2.24) is 4.72 Å². The Labute approximate surface area is 121 Å². The largest absolute Gasteiger partial charge is 0.327 e. The van der Waals surface area contributed by atoms with Gasteiger partial charge in [-0.25, -0.2) is 13.1 Å². The highest BCUT2D eigenvalue weighted by atomic mass is 32.2. The van der Waals surface area contributed by atoms with Gasteiger partial charge in [-0.05, 0) is 35.4 Å². The molecular weight excluding hydrogens is 272 g/mol. The molecule has 0 unspecified atom stereocenters. The van der Waals surface area contributed by atoms with Crippen LogP contribution in [0.3, 0.4) is 0 Å². The number of benzene rings is 1. The highest BCUT2D eigenvalue weighted by Crippen LogP contribution is 2.52. The Morgan fingerprint density at radius 3 is 2.20 bits per heavy atom. The van der Waals surface area contributed by atoms with Gasteiger partial charge in [-0.15, -0.1) is 0 Å². The molecule has 0 amide bonds. The molecular formula is C15H24N2O2S. The van der Waals surface area contributed by atoms with Crippen LogP contribution in [0.4, 0.5) is 0 Å². The maximum atomic E-state index is 12.5. The summed E-state index contributed by atoms with van der Waals surface area (Å²) in [6, 6.07) is 6.74. The van der Waals surface area contributed by atoms with Crippen molar-refractivity contribution in [3.05, 3.63) is 29.8 Å². The molecule has 4 nitrogen and oxygen atoms in total. The van der Waals surface area contributed by atoms with E-state index in [1.165, 1.54) is 0 Å². The van der Waals surface area contributed by atoms with Gasteiger partial charge in [0.05, 0.1) is 4.90 Å². The second-order valence-corrected chi connectivity index (χ2v) is 8.71. The first-order valence-corrected chi connectivity index (χ1v) is 8.32. The van der Waals surface area contributed by atoms with Gasteiger partial charge in [-0.2, -0.15) is 0 Å². The number of rotatable bonds is 3. The average Bonchev–Trinajstić information content (AvgIpc) is 2.35. The van der Waals surface area contributed by atoms with Gasteiger partial charge in [0.1, 0.15) is 0 Å². The Kier molecular flexibility index (Phi) is 3.52. The van der Waals surface area contributed by atoms with Gasteiger partial charge < -0.3 is 5.73 Å². The molecule has 1 aromatic carbocycles. The molecule has 0 atom stereocenters. The molecule has 0 aliphatic heterocycles. The van der Waals surface area contributed by atoms with Crippen molar-refractivity contribution in [3.63, 3.8) is 0 Å². The van der Waals surface area contributed by atoms with E-state index in [1.807, 2.05) is 40.7 Å². The molecule has 1 aromatic rings. The lowest BCUT2D eigenvalue weighted by atomic mass is 9.49. The molecule has 0 spiro atoms. The minimum atomic E-state index is -3.51. The zero-order chi connectivity index (χ0) is 15.3. The molecule has 1 fully saturated rings. The first-order valence-electron chi connectivity index (χ1n) is 6.84. The number of nitrogens with two attached hydrogens (primary N) is 1. The minimum absolute atomic E-state index is 0.0276. The van der Waals surface area contributed by atoms with Gasteiger partial charge in [0.25, 0.3) is 0 Å². The fourth-order valence-electron chi connectivity index (χ4n) is 3.49. The summed E-state index contributed by atoms with van der Waals surface area (Å²) >= 11 is 0. The Morgan fingerprint density at radius 2 is 1.70 bits per heavy atom. The summed E-state index contributed by atoms with van der Waals surface area (Å²) in [6.07, 6.45) is 0. The molecule has 1 aliphatic carbocycles. The fraction of sp³-hybridized carbons (Fsp3) is 0.600.